The van der Waals surface area contributed by atoms with Crippen molar-refractivity contribution < 1.29 is 30.0 Å². The molecule has 116 valence electrons. The minimum absolute atomic E-state index is 0.383. The first-order valence-corrected chi connectivity index (χ1v) is 6.44. The van der Waals surface area contributed by atoms with Crippen molar-refractivity contribution in [2.45, 2.75) is 11.4 Å². The smallest absolute Gasteiger partial charge is 0.264 e. The van der Waals surface area contributed by atoms with E-state index < -0.39 is 28.7 Å². The largest absolute Gasteiger partial charge is 0.504 e. The number of aliphatic hydroxyl groups excluding tert-OH is 1. The van der Waals surface area contributed by atoms with Gasteiger partial charge in [-0.25, -0.2) is 0 Å². The average molecular weight is 304 g/mol. The van der Waals surface area contributed by atoms with E-state index in [1.807, 2.05) is 0 Å². The summed E-state index contributed by atoms with van der Waals surface area (Å²) < 4.78 is 4.71. The second kappa shape index (κ2) is 5.76. The molecule has 0 fully saturated rings. The summed E-state index contributed by atoms with van der Waals surface area (Å²) in [4.78, 5) is 12.0. The van der Waals surface area contributed by atoms with Gasteiger partial charge in [-0.3, -0.25) is 4.79 Å². The van der Waals surface area contributed by atoms with Crippen LogP contribution >= 0.6 is 0 Å². The first-order chi connectivity index (χ1) is 10.3. The Morgan fingerprint density at radius 3 is 2.41 bits per heavy atom. The summed E-state index contributed by atoms with van der Waals surface area (Å²) >= 11 is 0. The molecular weight excluding hydrogens is 288 g/mol. The number of carbonyl (C=O) groups is 1. The number of hydrogen-bond acceptors (Lipinski definition) is 6. The highest BCUT2D eigenvalue weighted by Gasteiger charge is 2.52. The maximum atomic E-state index is 12.0. The van der Waals surface area contributed by atoms with E-state index in [0.29, 0.717) is 5.56 Å². The predicted molar refractivity (Wildman–Crippen MR) is 77.8 cm³/mol. The van der Waals surface area contributed by atoms with Crippen LogP contribution in [-0.4, -0.2) is 44.7 Å². The number of allylic oxidation sites excluding steroid dienone is 2. The third kappa shape index (κ3) is 2.67. The lowest BCUT2D eigenvalue weighted by molar-refractivity contribution is -0.236. The van der Waals surface area contributed by atoms with Gasteiger partial charge in [-0.1, -0.05) is 30.3 Å². The van der Waals surface area contributed by atoms with E-state index in [0.717, 1.165) is 31.4 Å². The van der Waals surface area contributed by atoms with Crippen LogP contribution in [-0.2, 0) is 4.74 Å². The van der Waals surface area contributed by atoms with Gasteiger partial charge in [0.2, 0.25) is 5.76 Å². The van der Waals surface area contributed by atoms with Crippen molar-refractivity contribution in [1.29, 1.82) is 0 Å². The Morgan fingerprint density at radius 1 is 1.18 bits per heavy atom. The minimum atomic E-state index is -2.91. The number of ketones is 1. The number of rotatable bonds is 4. The van der Waals surface area contributed by atoms with Gasteiger partial charge in [0.1, 0.15) is 0 Å². The average Bonchev–Trinajstić information content (AvgIpc) is 2.50. The maximum Gasteiger partial charge on any atom is 0.264 e. The van der Waals surface area contributed by atoms with Crippen LogP contribution in [0.2, 0.25) is 0 Å². The maximum absolute atomic E-state index is 12.0. The number of aliphatic hydroxyl groups is 4. The van der Waals surface area contributed by atoms with E-state index in [2.05, 4.69) is 0 Å². The van der Waals surface area contributed by atoms with E-state index in [-0.39, 0.29) is 0 Å². The van der Waals surface area contributed by atoms with Gasteiger partial charge >= 0.3 is 0 Å². The zero-order valence-corrected chi connectivity index (χ0v) is 11.8. The Kier molecular flexibility index (Phi) is 4.18. The molecule has 2 rings (SSSR count). The lowest BCUT2D eigenvalue weighted by Crippen LogP contribution is -2.55. The zero-order valence-electron chi connectivity index (χ0n) is 11.8. The zero-order chi connectivity index (χ0) is 16.4. The molecule has 1 unspecified atom stereocenters. The summed E-state index contributed by atoms with van der Waals surface area (Å²) in [6.07, 6.45) is 3.97. The van der Waals surface area contributed by atoms with Gasteiger partial charge in [0.15, 0.2) is 17.1 Å². The standard InChI is InChI=1S/C16H16O6/c1-22-14-13(18)8-10-15(19,16(14,20)21)9-7-12(17)11-5-3-2-4-6-11/h2-10,18-21H,1H3. The molecule has 0 radical (unpaired) electrons. The van der Waals surface area contributed by atoms with Crippen molar-refractivity contribution in [3.05, 3.63) is 71.7 Å². The fourth-order valence-corrected chi connectivity index (χ4v) is 2.08. The summed E-state index contributed by atoms with van der Waals surface area (Å²) in [5, 5.41) is 40.0. The van der Waals surface area contributed by atoms with Crippen LogP contribution in [0.5, 0.6) is 0 Å². The molecule has 0 saturated carbocycles. The van der Waals surface area contributed by atoms with Gasteiger partial charge in [-0.15, -0.1) is 0 Å². The Labute approximate surface area is 126 Å². The van der Waals surface area contributed by atoms with Crippen LogP contribution in [0, 0.1) is 0 Å². The van der Waals surface area contributed by atoms with Crippen molar-refractivity contribution in [3.63, 3.8) is 0 Å². The molecule has 1 aliphatic carbocycles. The number of carbonyl (C=O) groups excluding carboxylic acids is 1. The summed E-state index contributed by atoms with van der Waals surface area (Å²) in [6.45, 7) is 0. The molecule has 1 aliphatic rings. The lowest BCUT2D eigenvalue weighted by atomic mass is 9.85. The van der Waals surface area contributed by atoms with Crippen LogP contribution in [0.1, 0.15) is 10.4 Å². The monoisotopic (exact) mass is 304 g/mol. The van der Waals surface area contributed by atoms with Gasteiger partial charge in [-0.05, 0) is 24.3 Å². The number of benzene rings is 1. The Hall–Kier alpha value is -2.41. The Bertz CT molecular complexity index is 656. The highest BCUT2D eigenvalue weighted by molar-refractivity contribution is 6.04. The molecule has 1 aromatic carbocycles. The van der Waals surface area contributed by atoms with Crippen molar-refractivity contribution in [2.75, 3.05) is 7.11 Å². The summed E-state index contributed by atoms with van der Waals surface area (Å²) in [5.74, 6) is -4.47. The Morgan fingerprint density at radius 2 is 1.82 bits per heavy atom. The van der Waals surface area contributed by atoms with Crippen molar-refractivity contribution in [1.82, 2.24) is 0 Å². The summed E-state index contributed by atoms with van der Waals surface area (Å²) in [7, 11) is 1.12. The molecular formula is C16H16O6. The molecule has 1 aromatic rings. The van der Waals surface area contributed by atoms with Gasteiger partial charge in [-0.2, -0.15) is 0 Å². The number of ether oxygens (including phenoxy) is 1. The minimum Gasteiger partial charge on any atom is -0.504 e. The van der Waals surface area contributed by atoms with Crippen molar-refractivity contribution in [2.24, 2.45) is 0 Å². The van der Waals surface area contributed by atoms with Crippen molar-refractivity contribution >= 4 is 5.78 Å². The molecule has 0 heterocycles. The van der Waals surface area contributed by atoms with E-state index in [9.17, 15) is 25.2 Å². The molecule has 0 amide bonds. The van der Waals surface area contributed by atoms with Gasteiger partial charge in [0.05, 0.1) is 7.11 Å². The summed E-state index contributed by atoms with van der Waals surface area (Å²) in [5.41, 5.74) is -1.94. The van der Waals surface area contributed by atoms with Crippen LogP contribution < -0.4 is 0 Å². The van der Waals surface area contributed by atoms with Crippen LogP contribution in [0.4, 0.5) is 0 Å². The first-order valence-electron chi connectivity index (χ1n) is 6.44. The molecule has 0 bridgehead atoms. The predicted octanol–water partition coefficient (Wildman–Crippen LogP) is 0.823. The van der Waals surface area contributed by atoms with Crippen LogP contribution in [0.3, 0.4) is 0 Å². The van der Waals surface area contributed by atoms with E-state index in [1.165, 1.54) is 0 Å². The van der Waals surface area contributed by atoms with E-state index in [4.69, 9.17) is 4.74 Å². The topological polar surface area (TPSA) is 107 Å². The summed E-state index contributed by atoms with van der Waals surface area (Å²) in [6, 6.07) is 8.30. The van der Waals surface area contributed by atoms with Gasteiger partial charge < -0.3 is 25.2 Å². The Balaban J connectivity index is 2.31. The van der Waals surface area contributed by atoms with E-state index in [1.54, 1.807) is 30.3 Å². The fourth-order valence-electron chi connectivity index (χ4n) is 2.08. The first kappa shape index (κ1) is 16.0. The normalized spacial score (nSPS) is 23.8. The molecule has 0 aliphatic heterocycles. The number of hydrogen-bond donors (Lipinski definition) is 4. The van der Waals surface area contributed by atoms with Gasteiger partial charge in [0.25, 0.3) is 5.79 Å². The van der Waals surface area contributed by atoms with Crippen LogP contribution in [0.15, 0.2) is 66.2 Å². The van der Waals surface area contributed by atoms with Crippen LogP contribution in [0.25, 0.3) is 0 Å². The third-order valence-electron chi connectivity index (χ3n) is 3.35. The third-order valence-corrected chi connectivity index (χ3v) is 3.35. The molecule has 1 atom stereocenters. The van der Waals surface area contributed by atoms with Crippen molar-refractivity contribution in [3.8, 4) is 0 Å². The molecule has 6 heteroatoms. The quantitative estimate of drug-likeness (QED) is 0.373. The fraction of sp³-hybridized carbons (Fsp3) is 0.188. The highest BCUT2D eigenvalue weighted by Crippen LogP contribution is 2.36. The van der Waals surface area contributed by atoms with Gasteiger partial charge in [0, 0.05) is 5.56 Å². The highest BCUT2D eigenvalue weighted by atomic mass is 16.6. The molecule has 0 spiro atoms. The SMILES string of the molecule is COC1=C(O)C=CC(O)(C=CC(=O)c2ccccc2)C1(O)O. The van der Waals surface area contributed by atoms with E-state index >= 15 is 0 Å². The lowest BCUT2D eigenvalue weighted by Gasteiger charge is -2.38. The second-order valence-corrected chi connectivity index (χ2v) is 4.81. The number of methoxy groups -OCH3 is 1. The second-order valence-electron chi connectivity index (χ2n) is 4.81. The molecule has 6 nitrogen and oxygen atoms in total. The molecule has 0 saturated heterocycles. The molecule has 22 heavy (non-hydrogen) atoms. The molecule has 0 aromatic heterocycles. The molecule has 4 N–H and O–H groups in total.